The van der Waals surface area contributed by atoms with E-state index in [0.717, 1.165) is 18.5 Å². The highest BCUT2D eigenvalue weighted by Gasteiger charge is 2.14. The van der Waals surface area contributed by atoms with Crippen LogP contribution >= 0.6 is 0 Å². The van der Waals surface area contributed by atoms with Gasteiger partial charge in [-0.15, -0.1) is 0 Å². The molecule has 1 aromatic carbocycles. The van der Waals surface area contributed by atoms with Crippen molar-refractivity contribution in [1.29, 1.82) is 5.26 Å². The van der Waals surface area contributed by atoms with Gasteiger partial charge in [0, 0.05) is 18.7 Å². The molecule has 0 N–H and O–H groups in total. The topological polar surface area (TPSA) is 44.1 Å². The Morgan fingerprint density at radius 1 is 1.15 bits per heavy atom. The number of nitrogens with zero attached hydrogens (tertiary/aromatic N) is 2. The van der Waals surface area contributed by atoms with E-state index in [2.05, 4.69) is 13.0 Å². The quantitative estimate of drug-likeness (QED) is 0.629. The van der Waals surface area contributed by atoms with Crippen LogP contribution in [-0.2, 0) is 4.79 Å². The molecule has 0 unspecified atom stereocenters. The van der Waals surface area contributed by atoms with Crippen molar-refractivity contribution in [3.63, 3.8) is 0 Å². The van der Waals surface area contributed by atoms with E-state index in [9.17, 15) is 4.79 Å². The largest absolute Gasteiger partial charge is 0.311 e. The second-order valence-electron chi connectivity index (χ2n) is 4.95. The van der Waals surface area contributed by atoms with Gasteiger partial charge in [0.05, 0.1) is 12.5 Å². The van der Waals surface area contributed by atoms with Crippen molar-refractivity contribution in [1.82, 2.24) is 0 Å². The van der Waals surface area contributed by atoms with E-state index in [1.165, 1.54) is 19.3 Å². The van der Waals surface area contributed by atoms with Gasteiger partial charge in [-0.2, -0.15) is 5.26 Å². The predicted octanol–water partition coefficient (Wildman–Crippen LogP) is 4.29. The standard InChI is InChI=1S/C17H24N2O/c1-2-3-4-5-9-13-17(20)19(15-10-14-18)16-11-7-6-8-12-16/h6-8,11-12H,2-5,9-10,13,15H2,1H3. The van der Waals surface area contributed by atoms with Gasteiger partial charge in [-0.25, -0.2) is 0 Å². The lowest BCUT2D eigenvalue weighted by atomic mass is 10.1. The molecule has 0 bridgehead atoms. The molecule has 0 atom stereocenters. The van der Waals surface area contributed by atoms with Gasteiger partial charge >= 0.3 is 0 Å². The number of benzene rings is 1. The van der Waals surface area contributed by atoms with Gasteiger partial charge in [-0.3, -0.25) is 4.79 Å². The zero-order valence-corrected chi connectivity index (χ0v) is 12.3. The molecule has 0 aromatic heterocycles. The van der Waals surface area contributed by atoms with Crippen molar-refractivity contribution in [2.45, 2.75) is 51.9 Å². The number of unbranched alkanes of at least 4 members (excludes halogenated alkanes) is 4. The van der Waals surface area contributed by atoms with Crippen LogP contribution in [0, 0.1) is 11.3 Å². The molecule has 108 valence electrons. The van der Waals surface area contributed by atoms with Crippen LogP contribution in [0.3, 0.4) is 0 Å². The van der Waals surface area contributed by atoms with Crippen molar-refractivity contribution < 1.29 is 4.79 Å². The molecule has 0 aliphatic heterocycles. The molecule has 0 fully saturated rings. The zero-order valence-electron chi connectivity index (χ0n) is 12.3. The van der Waals surface area contributed by atoms with Gasteiger partial charge in [0.15, 0.2) is 0 Å². The maximum absolute atomic E-state index is 12.3. The Morgan fingerprint density at radius 2 is 1.85 bits per heavy atom. The fourth-order valence-electron chi connectivity index (χ4n) is 2.18. The zero-order chi connectivity index (χ0) is 14.6. The summed E-state index contributed by atoms with van der Waals surface area (Å²) < 4.78 is 0. The van der Waals surface area contributed by atoms with Gasteiger partial charge in [0.25, 0.3) is 0 Å². The van der Waals surface area contributed by atoms with Crippen LogP contribution in [0.5, 0.6) is 0 Å². The maximum atomic E-state index is 12.3. The Labute approximate surface area is 122 Å². The summed E-state index contributed by atoms with van der Waals surface area (Å²) in [5.74, 6) is 0.128. The molecule has 0 aliphatic carbocycles. The molecule has 1 rings (SSSR count). The fourth-order valence-corrected chi connectivity index (χ4v) is 2.18. The lowest BCUT2D eigenvalue weighted by molar-refractivity contribution is -0.118. The maximum Gasteiger partial charge on any atom is 0.227 e. The Hall–Kier alpha value is -1.82. The third-order valence-electron chi connectivity index (χ3n) is 3.31. The number of carbonyl (C=O) groups is 1. The van der Waals surface area contributed by atoms with Gasteiger partial charge in [-0.1, -0.05) is 50.8 Å². The molecule has 0 spiro atoms. The number of rotatable bonds is 9. The van der Waals surface area contributed by atoms with Crippen LogP contribution in [-0.4, -0.2) is 12.5 Å². The monoisotopic (exact) mass is 272 g/mol. The van der Waals surface area contributed by atoms with E-state index in [4.69, 9.17) is 5.26 Å². The molecule has 1 aromatic rings. The summed E-state index contributed by atoms with van der Waals surface area (Å²) in [6, 6.07) is 11.7. The molecule has 1 amide bonds. The second kappa shape index (κ2) is 10.0. The first-order valence-electron chi connectivity index (χ1n) is 7.52. The van der Waals surface area contributed by atoms with Gasteiger partial charge in [0.2, 0.25) is 5.91 Å². The van der Waals surface area contributed by atoms with Crippen LogP contribution in [0.4, 0.5) is 5.69 Å². The van der Waals surface area contributed by atoms with Crippen LogP contribution in [0.15, 0.2) is 30.3 Å². The van der Waals surface area contributed by atoms with E-state index in [0.29, 0.717) is 19.4 Å². The van der Waals surface area contributed by atoms with Crippen molar-refractivity contribution in [2.24, 2.45) is 0 Å². The number of hydrogen-bond donors (Lipinski definition) is 0. The van der Waals surface area contributed by atoms with E-state index in [-0.39, 0.29) is 5.91 Å². The van der Waals surface area contributed by atoms with Gasteiger partial charge in [-0.05, 0) is 18.6 Å². The van der Waals surface area contributed by atoms with Crippen molar-refractivity contribution >= 4 is 11.6 Å². The number of para-hydroxylation sites is 1. The Morgan fingerprint density at radius 3 is 2.50 bits per heavy atom. The number of anilines is 1. The SMILES string of the molecule is CCCCCCCC(=O)N(CCC#N)c1ccccc1. The molecule has 3 nitrogen and oxygen atoms in total. The molecule has 3 heteroatoms. The molecule has 20 heavy (non-hydrogen) atoms. The second-order valence-corrected chi connectivity index (χ2v) is 4.95. The summed E-state index contributed by atoms with van der Waals surface area (Å²) in [4.78, 5) is 14.0. The molecule has 0 saturated heterocycles. The van der Waals surface area contributed by atoms with E-state index < -0.39 is 0 Å². The third kappa shape index (κ3) is 5.88. The summed E-state index contributed by atoms with van der Waals surface area (Å²) in [5.41, 5.74) is 0.890. The Balaban J connectivity index is 2.51. The summed E-state index contributed by atoms with van der Waals surface area (Å²) in [6.07, 6.45) is 6.65. The van der Waals surface area contributed by atoms with Crippen molar-refractivity contribution in [3.05, 3.63) is 30.3 Å². The highest BCUT2D eigenvalue weighted by atomic mass is 16.2. The average molecular weight is 272 g/mol. The minimum Gasteiger partial charge on any atom is -0.311 e. The lowest BCUT2D eigenvalue weighted by Crippen LogP contribution is -2.31. The van der Waals surface area contributed by atoms with Crippen LogP contribution in [0.2, 0.25) is 0 Å². The summed E-state index contributed by atoms with van der Waals surface area (Å²) in [6.45, 7) is 2.67. The molecule has 0 heterocycles. The molecule has 0 aliphatic rings. The molecular formula is C17H24N2O. The van der Waals surface area contributed by atoms with E-state index >= 15 is 0 Å². The fraction of sp³-hybridized carbons (Fsp3) is 0.529. The predicted molar refractivity (Wildman–Crippen MR) is 82.4 cm³/mol. The normalized spacial score (nSPS) is 10.0. The summed E-state index contributed by atoms with van der Waals surface area (Å²) in [5, 5.41) is 8.73. The molecule has 0 radical (unpaired) electrons. The van der Waals surface area contributed by atoms with Crippen LogP contribution in [0.25, 0.3) is 0 Å². The van der Waals surface area contributed by atoms with Gasteiger partial charge in [0.1, 0.15) is 0 Å². The summed E-state index contributed by atoms with van der Waals surface area (Å²) in [7, 11) is 0. The Bertz CT molecular complexity index is 422. The average Bonchev–Trinajstić information content (AvgIpc) is 2.48. The highest BCUT2D eigenvalue weighted by molar-refractivity contribution is 5.93. The van der Waals surface area contributed by atoms with E-state index in [1.807, 2.05) is 30.3 Å². The van der Waals surface area contributed by atoms with Crippen molar-refractivity contribution in [3.8, 4) is 6.07 Å². The van der Waals surface area contributed by atoms with Crippen LogP contribution < -0.4 is 4.90 Å². The smallest absolute Gasteiger partial charge is 0.227 e. The lowest BCUT2D eigenvalue weighted by Gasteiger charge is -2.21. The first-order chi connectivity index (χ1) is 9.79. The number of carbonyl (C=O) groups excluding carboxylic acids is 1. The number of hydrogen-bond acceptors (Lipinski definition) is 2. The Kier molecular flexibility index (Phi) is 8.14. The first kappa shape index (κ1) is 16.2. The number of nitriles is 1. The number of amides is 1. The van der Waals surface area contributed by atoms with Gasteiger partial charge < -0.3 is 4.90 Å². The van der Waals surface area contributed by atoms with Crippen molar-refractivity contribution in [2.75, 3.05) is 11.4 Å². The van der Waals surface area contributed by atoms with E-state index in [1.54, 1.807) is 4.90 Å². The third-order valence-corrected chi connectivity index (χ3v) is 3.31. The highest BCUT2D eigenvalue weighted by Crippen LogP contribution is 2.16. The summed E-state index contributed by atoms with van der Waals surface area (Å²) >= 11 is 0. The first-order valence-corrected chi connectivity index (χ1v) is 7.52. The molecular weight excluding hydrogens is 248 g/mol. The minimum absolute atomic E-state index is 0.128. The minimum atomic E-state index is 0.128. The van der Waals surface area contributed by atoms with Crippen LogP contribution in [0.1, 0.15) is 51.9 Å². The molecule has 0 saturated carbocycles.